The number of aromatic nitrogens is 2. The van der Waals surface area contributed by atoms with E-state index in [1.165, 1.54) is 12.1 Å². The van der Waals surface area contributed by atoms with Gasteiger partial charge in [-0.25, -0.2) is 9.97 Å². The lowest BCUT2D eigenvalue weighted by Crippen LogP contribution is -2.17. The number of aliphatic hydroxyl groups is 1. The second-order valence-corrected chi connectivity index (χ2v) is 8.70. The van der Waals surface area contributed by atoms with Gasteiger partial charge in [-0.2, -0.15) is 13.2 Å². The largest absolute Gasteiger partial charge is 0.474 e. The normalized spacial score (nSPS) is 12.1. The Morgan fingerprint density at radius 3 is 2.56 bits per heavy atom. The third-order valence-corrected chi connectivity index (χ3v) is 6.01. The molecule has 36 heavy (non-hydrogen) atoms. The summed E-state index contributed by atoms with van der Waals surface area (Å²) in [4.78, 5) is 8.76. The molecule has 0 amide bonds. The van der Waals surface area contributed by atoms with Gasteiger partial charge in [0.2, 0.25) is 5.88 Å². The van der Waals surface area contributed by atoms with Gasteiger partial charge in [0.05, 0.1) is 11.3 Å². The van der Waals surface area contributed by atoms with Gasteiger partial charge >= 0.3 is 6.18 Å². The van der Waals surface area contributed by atoms with Crippen LogP contribution in [0.15, 0.2) is 78.9 Å². The first-order valence-electron chi connectivity index (χ1n) is 11.4. The molecular formula is C27H28F3N3O2S. The highest BCUT2D eigenvalue weighted by Crippen LogP contribution is 2.38. The molecule has 1 unspecified atom stereocenters. The summed E-state index contributed by atoms with van der Waals surface area (Å²) in [6, 6.07) is 14.3. The van der Waals surface area contributed by atoms with Gasteiger partial charge in [-0.1, -0.05) is 49.1 Å². The first kappa shape index (κ1) is 27.3. The maximum absolute atomic E-state index is 13.7. The lowest BCUT2D eigenvalue weighted by Gasteiger charge is -2.18. The van der Waals surface area contributed by atoms with Crippen LogP contribution in [0.4, 0.5) is 19.0 Å². The zero-order valence-corrected chi connectivity index (χ0v) is 20.5. The highest BCUT2D eigenvalue weighted by molar-refractivity contribution is 8.00. The van der Waals surface area contributed by atoms with Crippen molar-refractivity contribution in [1.82, 2.24) is 9.97 Å². The van der Waals surface area contributed by atoms with Crippen LogP contribution in [0.3, 0.4) is 0 Å². The van der Waals surface area contributed by atoms with Gasteiger partial charge in [-0.15, -0.1) is 6.58 Å². The van der Waals surface area contributed by atoms with Gasteiger partial charge in [0.25, 0.3) is 0 Å². The number of nitrogens with one attached hydrogen (secondary N) is 1. The van der Waals surface area contributed by atoms with Gasteiger partial charge in [-0.05, 0) is 49.4 Å². The van der Waals surface area contributed by atoms with Crippen LogP contribution in [0.2, 0.25) is 0 Å². The Bertz CT molecular complexity index is 1170. The van der Waals surface area contributed by atoms with Gasteiger partial charge in [0, 0.05) is 30.2 Å². The lowest BCUT2D eigenvalue weighted by molar-refractivity contribution is -0.137. The number of aliphatic hydroxyl groups excluding tert-OH is 1. The van der Waals surface area contributed by atoms with Crippen LogP contribution in [0, 0.1) is 0 Å². The van der Waals surface area contributed by atoms with Gasteiger partial charge < -0.3 is 14.6 Å². The summed E-state index contributed by atoms with van der Waals surface area (Å²) in [6.07, 6.45) is 1.49. The number of rotatable bonds is 13. The molecule has 3 rings (SSSR count). The van der Waals surface area contributed by atoms with Gasteiger partial charge in [0.15, 0.2) is 0 Å². The molecule has 0 aliphatic carbocycles. The Morgan fingerprint density at radius 2 is 1.83 bits per heavy atom. The zero-order chi connectivity index (χ0) is 26.0. The molecule has 0 bridgehead atoms. The zero-order valence-electron chi connectivity index (χ0n) is 19.7. The number of anilines is 1. The van der Waals surface area contributed by atoms with Crippen molar-refractivity contribution in [3.63, 3.8) is 0 Å². The predicted molar refractivity (Wildman–Crippen MR) is 139 cm³/mol. The number of ether oxygens (including phenoxy) is 1. The maximum atomic E-state index is 13.7. The summed E-state index contributed by atoms with van der Waals surface area (Å²) in [6.45, 7) is 7.52. The van der Waals surface area contributed by atoms with Crippen LogP contribution in [0.1, 0.15) is 36.8 Å². The second kappa shape index (κ2) is 13.1. The fourth-order valence-electron chi connectivity index (χ4n) is 3.52. The molecule has 9 heteroatoms. The number of benzene rings is 1. The van der Waals surface area contributed by atoms with E-state index in [2.05, 4.69) is 27.8 Å². The molecule has 0 saturated heterocycles. The van der Waals surface area contributed by atoms with E-state index in [0.29, 0.717) is 34.9 Å². The molecule has 3 aromatic rings. The fraction of sp³-hybridized carbons (Fsp3) is 0.259. The molecule has 190 valence electrons. The Morgan fingerprint density at radius 1 is 1.03 bits per heavy atom. The Labute approximate surface area is 213 Å². The van der Waals surface area contributed by atoms with E-state index in [-0.39, 0.29) is 24.2 Å². The molecule has 2 heterocycles. The Kier molecular flexibility index (Phi) is 9.95. The van der Waals surface area contributed by atoms with Crippen LogP contribution in [0.25, 0.3) is 17.3 Å². The molecule has 1 aromatic carbocycles. The summed E-state index contributed by atoms with van der Waals surface area (Å²) >= 11 is 1.12. The highest BCUT2D eigenvalue weighted by atomic mass is 32.2. The fourth-order valence-corrected chi connectivity index (χ4v) is 4.12. The van der Waals surface area contributed by atoms with Gasteiger partial charge in [-0.3, -0.25) is 0 Å². The third kappa shape index (κ3) is 7.60. The molecule has 0 saturated carbocycles. The minimum atomic E-state index is -4.56. The minimum Gasteiger partial charge on any atom is -0.474 e. The summed E-state index contributed by atoms with van der Waals surface area (Å²) < 4.78 is 50.2. The number of allylic oxidation sites excluding steroid dienone is 1. The molecule has 0 aliphatic rings. The van der Waals surface area contributed by atoms with Crippen molar-refractivity contribution in [2.24, 2.45) is 0 Å². The molecule has 2 aromatic heterocycles. The second-order valence-electron chi connectivity index (χ2n) is 7.87. The average molecular weight is 516 g/mol. The summed E-state index contributed by atoms with van der Waals surface area (Å²) in [5.41, 5.74) is -0.105. The van der Waals surface area contributed by atoms with Crippen LogP contribution in [-0.4, -0.2) is 27.8 Å². The third-order valence-electron chi connectivity index (χ3n) is 5.26. The molecule has 0 spiro atoms. The average Bonchev–Trinajstić information content (AvgIpc) is 2.88. The summed E-state index contributed by atoms with van der Waals surface area (Å²) in [7, 11) is 0. The van der Waals surface area contributed by atoms with Crippen molar-refractivity contribution in [3.8, 4) is 17.1 Å². The van der Waals surface area contributed by atoms with E-state index in [1.807, 2.05) is 6.08 Å². The van der Waals surface area contributed by atoms with Crippen molar-refractivity contribution in [1.29, 1.82) is 0 Å². The van der Waals surface area contributed by atoms with Crippen molar-refractivity contribution >= 4 is 23.8 Å². The van der Waals surface area contributed by atoms with Gasteiger partial charge in [0.1, 0.15) is 16.9 Å². The number of hydrogen-bond donors (Lipinski definition) is 2. The predicted octanol–water partition coefficient (Wildman–Crippen LogP) is 7.41. The number of pyridine rings is 2. The van der Waals surface area contributed by atoms with Crippen molar-refractivity contribution in [2.75, 3.05) is 11.3 Å². The molecular weight excluding hydrogens is 487 g/mol. The summed E-state index contributed by atoms with van der Waals surface area (Å²) in [5.74, 6) is 0.677. The van der Waals surface area contributed by atoms with E-state index in [0.717, 1.165) is 30.9 Å². The molecule has 2 N–H and O–H groups in total. The molecule has 0 aliphatic heterocycles. The van der Waals surface area contributed by atoms with Crippen molar-refractivity contribution < 1.29 is 23.0 Å². The Balaban J connectivity index is 1.79. The van der Waals surface area contributed by atoms with Crippen LogP contribution >= 0.6 is 11.9 Å². The Hall–Kier alpha value is -3.30. The van der Waals surface area contributed by atoms with E-state index >= 15 is 0 Å². The highest BCUT2D eigenvalue weighted by Gasteiger charge is 2.35. The van der Waals surface area contributed by atoms with E-state index < -0.39 is 11.7 Å². The number of nitrogens with zero attached hydrogens (tertiary/aromatic N) is 2. The topological polar surface area (TPSA) is 67.3 Å². The summed E-state index contributed by atoms with van der Waals surface area (Å²) in [5, 5.41) is 9.70. The molecule has 1 atom stereocenters. The first-order valence-corrected chi connectivity index (χ1v) is 12.3. The van der Waals surface area contributed by atoms with Crippen molar-refractivity contribution in [3.05, 3.63) is 85.0 Å². The van der Waals surface area contributed by atoms with Crippen LogP contribution in [0.5, 0.6) is 5.88 Å². The van der Waals surface area contributed by atoms with Crippen molar-refractivity contribution in [2.45, 2.75) is 43.0 Å². The molecule has 0 fully saturated rings. The standard InChI is InChI=1S/C27H28F3N3O2S/c1-3-5-11-20(12-9-18-34)35-24-14-8-15-25(32-24)36-33-23-17-16-22(27(28,29)30)26(31-23)21-13-7-6-10-19(21)4-2/h3-4,6-8,10,13-17,20,34H,1-2,5,9,11-12,18H2,(H,31,33). The number of alkyl halides is 3. The van der Waals surface area contributed by atoms with Crippen LogP contribution in [-0.2, 0) is 6.18 Å². The lowest BCUT2D eigenvalue weighted by atomic mass is 10.00. The maximum Gasteiger partial charge on any atom is 0.418 e. The SMILES string of the molecule is C=CCCC(CCCO)Oc1cccc(SNc2ccc(C(F)(F)F)c(-c3ccccc3C=C)n2)n1. The monoisotopic (exact) mass is 515 g/mol. The molecule has 0 radical (unpaired) electrons. The number of halogens is 3. The smallest absolute Gasteiger partial charge is 0.418 e. The van der Waals surface area contributed by atoms with E-state index in [4.69, 9.17) is 9.84 Å². The van der Waals surface area contributed by atoms with E-state index in [1.54, 1.807) is 42.5 Å². The van der Waals surface area contributed by atoms with Crippen LogP contribution < -0.4 is 9.46 Å². The van der Waals surface area contributed by atoms with E-state index in [9.17, 15) is 13.2 Å². The number of hydrogen-bond acceptors (Lipinski definition) is 6. The molecule has 5 nitrogen and oxygen atoms in total. The quantitative estimate of drug-likeness (QED) is 0.183. The first-order chi connectivity index (χ1) is 17.4. The minimum absolute atomic E-state index is 0.0839.